The van der Waals surface area contributed by atoms with Crippen molar-refractivity contribution in [2.24, 2.45) is 5.92 Å². The van der Waals surface area contributed by atoms with Gasteiger partial charge in [-0.15, -0.1) is 0 Å². The molecule has 4 amide bonds. The Bertz CT molecular complexity index is 1230. The van der Waals surface area contributed by atoms with E-state index in [9.17, 15) is 24.7 Å². The van der Waals surface area contributed by atoms with Crippen molar-refractivity contribution in [3.8, 4) is 11.1 Å². The summed E-state index contributed by atoms with van der Waals surface area (Å²) in [6, 6.07) is 20.0. The van der Waals surface area contributed by atoms with E-state index in [-0.39, 0.29) is 18.9 Å². The maximum Gasteiger partial charge on any atom is 0.318 e. The highest BCUT2D eigenvalue weighted by molar-refractivity contribution is 5.88. The van der Waals surface area contributed by atoms with Gasteiger partial charge in [-0.1, -0.05) is 74.5 Å². The molecule has 0 saturated heterocycles. The zero-order valence-electron chi connectivity index (χ0n) is 20.7. The molecule has 0 aromatic heterocycles. The lowest BCUT2D eigenvalue weighted by Gasteiger charge is -2.28. The van der Waals surface area contributed by atoms with Crippen molar-refractivity contribution in [2.45, 2.75) is 32.4 Å². The number of rotatable bonds is 10. The lowest BCUT2D eigenvalue weighted by Crippen LogP contribution is -2.54. The average Bonchev–Trinajstić information content (AvgIpc) is 2.91. The van der Waals surface area contributed by atoms with E-state index in [0.29, 0.717) is 0 Å². The maximum absolute atomic E-state index is 12.9. The van der Waals surface area contributed by atoms with Gasteiger partial charge in [0.2, 0.25) is 0 Å². The van der Waals surface area contributed by atoms with Crippen molar-refractivity contribution in [3.63, 3.8) is 0 Å². The Morgan fingerprint density at radius 2 is 1.43 bits per heavy atom. The fraction of sp³-hybridized carbons (Fsp3) is 0.296. The van der Waals surface area contributed by atoms with Crippen LogP contribution in [-0.2, 0) is 16.0 Å². The van der Waals surface area contributed by atoms with E-state index < -0.39 is 36.5 Å². The predicted molar refractivity (Wildman–Crippen MR) is 138 cm³/mol. The van der Waals surface area contributed by atoms with E-state index in [1.807, 2.05) is 68.4 Å². The Kier molecular flexibility index (Phi) is 9.56. The largest absolute Gasteiger partial charge is 0.381 e. The molecule has 2 atom stereocenters. The Morgan fingerprint density at radius 3 is 2.05 bits per heavy atom. The molecule has 0 heterocycles. The zero-order chi connectivity index (χ0) is 26.9. The van der Waals surface area contributed by atoms with Crippen LogP contribution in [0.1, 0.15) is 19.4 Å². The van der Waals surface area contributed by atoms with Gasteiger partial charge in [0.15, 0.2) is 6.10 Å². The fourth-order valence-electron chi connectivity index (χ4n) is 4.01. The fourth-order valence-corrected chi connectivity index (χ4v) is 4.01. The van der Waals surface area contributed by atoms with E-state index in [1.165, 1.54) is 10.4 Å². The highest BCUT2D eigenvalue weighted by atomic mass is 16.5. The summed E-state index contributed by atoms with van der Waals surface area (Å²) in [5.74, 6) is -1.88. The molecule has 3 aromatic carbocycles. The first-order valence-corrected chi connectivity index (χ1v) is 11.9. The summed E-state index contributed by atoms with van der Waals surface area (Å²) >= 11 is 0. The highest BCUT2D eigenvalue weighted by Gasteiger charge is 2.27. The average molecular weight is 509 g/mol. The van der Waals surface area contributed by atoms with Gasteiger partial charge in [-0.05, 0) is 39.4 Å². The predicted octanol–water partition coefficient (Wildman–Crippen LogP) is 2.46. The first-order valence-electron chi connectivity index (χ1n) is 11.9. The number of aliphatic hydroxyl groups excluding tert-OH is 1. The molecule has 3 aromatic rings. The molecule has 0 radical (unpaired) electrons. The van der Waals surface area contributed by atoms with Crippen LogP contribution in [0.15, 0.2) is 66.7 Å². The summed E-state index contributed by atoms with van der Waals surface area (Å²) in [4.78, 5) is 38.0. The number of urea groups is 1. The lowest BCUT2D eigenvalue weighted by atomic mass is 9.98. The Labute approximate surface area is 214 Å². The van der Waals surface area contributed by atoms with Gasteiger partial charge < -0.3 is 15.3 Å². The van der Waals surface area contributed by atoms with Crippen LogP contribution in [0.5, 0.6) is 0 Å². The van der Waals surface area contributed by atoms with Crippen LogP contribution in [0.3, 0.4) is 0 Å². The zero-order valence-corrected chi connectivity index (χ0v) is 20.7. The van der Waals surface area contributed by atoms with Gasteiger partial charge in [0.1, 0.15) is 6.04 Å². The molecular formula is C27H32N4O6. The third-order valence-corrected chi connectivity index (χ3v) is 5.88. The van der Waals surface area contributed by atoms with Gasteiger partial charge in [-0.3, -0.25) is 20.0 Å². The molecule has 0 bridgehead atoms. The van der Waals surface area contributed by atoms with Crippen LogP contribution >= 0.6 is 0 Å². The van der Waals surface area contributed by atoms with Crippen molar-refractivity contribution in [1.82, 2.24) is 21.2 Å². The topological polar surface area (TPSA) is 151 Å². The van der Waals surface area contributed by atoms with Crippen molar-refractivity contribution < 1.29 is 29.9 Å². The maximum atomic E-state index is 12.9. The monoisotopic (exact) mass is 508 g/mol. The van der Waals surface area contributed by atoms with Gasteiger partial charge in [0.25, 0.3) is 11.8 Å². The molecule has 6 N–H and O–H groups in total. The van der Waals surface area contributed by atoms with E-state index in [4.69, 9.17) is 5.21 Å². The second kappa shape index (κ2) is 12.8. The smallest absolute Gasteiger partial charge is 0.318 e. The molecule has 1 unspecified atom stereocenters. The molecule has 0 aliphatic carbocycles. The lowest BCUT2D eigenvalue weighted by molar-refractivity contribution is -0.138. The van der Waals surface area contributed by atoms with Crippen LogP contribution in [0, 0.1) is 5.92 Å². The third kappa shape index (κ3) is 7.50. The normalized spacial score (nSPS) is 12.6. The number of benzene rings is 3. The van der Waals surface area contributed by atoms with Crippen LogP contribution in [0.4, 0.5) is 4.79 Å². The van der Waals surface area contributed by atoms with Gasteiger partial charge in [-0.2, -0.15) is 0 Å². The van der Waals surface area contributed by atoms with Gasteiger partial charge in [-0.25, -0.2) is 15.8 Å². The SMILES string of the molecule is CC(C)CN(CC(O)C(=O)NO)C(=O)N[C@@H](Cc1ccc(-c2ccc3ccccc3c2)cc1)C(=O)NO. The molecule has 37 heavy (non-hydrogen) atoms. The number of carbonyl (C=O) groups is 3. The molecule has 0 aliphatic rings. The molecule has 196 valence electrons. The summed E-state index contributed by atoms with van der Waals surface area (Å²) in [6.07, 6.45) is -1.58. The number of hydrogen-bond acceptors (Lipinski definition) is 6. The van der Waals surface area contributed by atoms with Crippen LogP contribution < -0.4 is 16.3 Å². The van der Waals surface area contributed by atoms with Crippen molar-refractivity contribution in [2.75, 3.05) is 13.1 Å². The van der Waals surface area contributed by atoms with Crippen molar-refractivity contribution in [1.29, 1.82) is 0 Å². The second-order valence-electron chi connectivity index (χ2n) is 9.23. The van der Waals surface area contributed by atoms with E-state index in [2.05, 4.69) is 17.4 Å². The third-order valence-electron chi connectivity index (χ3n) is 5.88. The molecule has 0 aliphatic heterocycles. The number of fused-ring (bicyclic) bond motifs is 1. The Balaban J connectivity index is 1.74. The highest BCUT2D eigenvalue weighted by Crippen LogP contribution is 2.25. The molecule has 10 nitrogen and oxygen atoms in total. The van der Waals surface area contributed by atoms with Crippen LogP contribution in [0.25, 0.3) is 21.9 Å². The van der Waals surface area contributed by atoms with Gasteiger partial charge in [0.05, 0.1) is 6.54 Å². The molecular weight excluding hydrogens is 476 g/mol. The Hall–Kier alpha value is -3.99. The second-order valence-corrected chi connectivity index (χ2v) is 9.23. The first-order chi connectivity index (χ1) is 17.7. The molecule has 0 spiro atoms. The van der Waals surface area contributed by atoms with E-state index in [0.717, 1.165) is 27.5 Å². The summed E-state index contributed by atoms with van der Waals surface area (Å²) < 4.78 is 0. The summed E-state index contributed by atoms with van der Waals surface area (Å²) in [5, 5.41) is 32.7. The minimum atomic E-state index is -1.66. The van der Waals surface area contributed by atoms with Crippen LogP contribution in [0.2, 0.25) is 0 Å². The molecule has 10 heteroatoms. The first kappa shape index (κ1) is 27.6. The minimum absolute atomic E-state index is 0.0112. The standard InChI is InChI=1S/C27H32N4O6/c1-17(2)15-31(16-24(32)26(34)30-37)27(35)28-23(25(33)29-36)13-18-7-9-20(10-8-18)22-12-11-19-5-3-4-6-21(19)14-22/h3-12,14,17,23-24,32,36-37H,13,15-16H2,1-2H3,(H,28,35)(H,29,33)(H,30,34)/t23-,24?/m0/s1. The van der Waals surface area contributed by atoms with Gasteiger partial charge >= 0.3 is 6.03 Å². The van der Waals surface area contributed by atoms with Crippen molar-refractivity contribution >= 4 is 28.6 Å². The number of aliphatic hydroxyl groups is 1. The number of hydrogen-bond donors (Lipinski definition) is 6. The summed E-state index contributed by atoms with van der Waals surface area (Å²) in [7, 11) is 0. The van der Waals surface area contributed by atoms with E-state index >= 15 is 0 Å². The number of nitrogens with one attached hydrogen (secondary N) is 3. The summed E-state index contributed by atoms with van der Waals surface area (Å²) in [6.45, 7) is 3.46. The van der Waals surface area contributed by atoms with E-state index in [1.54, 1.807) is 5.48 Å². The minimum Gasteiger partial charge on any atom is -0.381 e. The molecule has 0 fully saturated rings. The summed E-state index contributed by atoms with van der Waals surface area (Å²) in [5.41, 5.74) is 5.69. The molecule has 3 rings (SSSR count). The number of carbonyl (C=O) groups excluding carboxylic acids is 3. The van der Waals surface area contributed by atoms with Crippen LogP contribution in [-0.4, -0.2) is 63.5 Å². The quantitative estimate of drug-likeness (QED) is 0.183. The van der Waals surface area contributed by atoms with Crippen molar-refractivity contribution in [3.05, 3.63) is 72.3 Å². The van der Waals surface area contributed by atoms with Gasteiger partial charge in [0, 0.05) is 13.0 Å². The number of nitrogens with zero attached hydrogens (tertiary/aromatic N) is 1. The number of hydroxylamine groups is 2. The Morgan fingerprint density at radius 1 is 0.811 bits per heavy atom. The molecule has 0 saturated carbocycles. The number of amides is 4.